The number of unbranched alkanes of at least 4 members (excludes halogenated alkanes) is 1. The Labute approximate surface area is 184 Å². The van der Waals surface area contributed by atoms with Gasteiger partial charge >= 0.3 is 0 Å². The second-order valence-electron chi connectivity index (χ2n) is 8.17. The van der Waals surface area contributed by atoms with Crippen LogP contribution in [-0.2, 0) is 0 Å². The summed E-state index contributed by atoms with van der Waals surface area (Å²) in [5, 5.41) is 4.39. The summed E-state index contributed by atoms with van der Waals surface area (Å²) >= 11 is 5.78. The van der Waals surface area contributed by atoms with Crippen LogP contribution in [0.2, 0.25) is 0 Å². The highest BCUT2D eigenvalue weighted by Crippen LogP contribution is 2.41. The second kappa shape index (κ2) is 8.60. The minimum atomic E-state index is 0.0435. The third kappa shape index (κ3) is 3.74. The monoisotopic (exact) mass is 418 g/mol. The van der Waals surface area contributed by atoms with Gasteiger partial charge in [-0.25, -0.2) is 0 Å². The number of nitrogens with one attached hydrogen (secondary N) is 1. The van der Waals surface area contributed by atoms with Crippen LogP contribution in [0.5, 0.6) is 0 Å². The van der Waals surface area contributed by atoms with Crippen LogP contribution in [0.25, 0.3) is 5.69 Å². The molecule has 1 fully saturated rings. The highest BCUT2D eigenvalue weighted by molar-refractivity contribution is 7.80. The van der Waals surface area contributed by atoms with Crippen LogP contribution in [0.1, 0.15) is 60.1 Å². The number of pyridine rings is 1. The van der Waals surface area contributed by atoms with Crippen molar-refractivity contribution < 1.29 is 0 Å². The standard InChI is InChI=1S/C25H30N4S/c1-5-6-14-28-24(23(27-25(28)30)22-12-7-8-13-26-22)21-16-18(3)29(19(21)4)20-11-9-10-17(2)15-20/h7-13,15-16,23-24H,5-6,14H2,1-4H3,(H,27,30)/t23-,24-/m0/s1. The van der Waals surface area contributed by atoms with Crippen LogP contribution in [0, 0.1) is 20.8 Å². The van der Waals surface area contributed by atoms with Crippen molar-refractivity contribution in [2.24, 2.45) is 0 Å². The molecule has 5 heteroatoms. The van der Waals surface area contributed by atoms with Crippen LogP contribution >= 0.6 is 12.2 Å². The van der Waals surface area contributed by atoms with Crippen LogP contribution in [0.3, 0.4) is 0 Å². The lowest BCUT2D eigenvalue weighted by atomic mass is 9.96. The Morgan fingerprint density at radius 3 is 2.60 bits per heavy atom. The van der Waals surface area contributed by atoms with Crippen molar-refractivity contribution in [3.05, 3.63) is 82.9 Å². The zero-order valence-corrected chi connectivity index (χ0v) is 19.0. The van der Waals surface area contributed by atoms with E-state index in [1.807, 2.05) is 12.3 Å². The van der Waals surface area contributed by atoms with Gasteiger partial charge in [0.15, 0.2) is 5.11 Å². The fourth-order valence-electron chi connectivity index (χ4n) is 4.56. The summed E-state index contributed by atoms with van der Waals surface area (Å²) in [6, 6.07) is 17.3. The Morgan fingerprint density at radius 1 is 1.07 bits per heavy atom. The summed E-state index contributed by atoms with van der Waals surface area (Å²) in [6.45, 7) is 9.72. The van der Waals surface area contributed by atoms with E-state index in [4.69, 9.17) is 12.2 Å². The molecule has 4 rings (SSSR count). The number of aromatic nitrogens is 2. The van der Waals surface area contributed by atoms with Crippen molar-refractivity contribution in [3.8, 4) is 5.69 Å². The number of hydrogen-bond acceptors (Lipinski definition) is 2. The van der Waals surface area contributed by atoms with Crippen LogP contribution in [-0.4, -0.2) is 26.1 Å². The summed E-state index contributed by atoms with van der Waals surface area (Å²) in [4.78, 5) is 7.02. The summed E-state index contributed by atoms with van der Waals surface area (Å²) in [5.41, 5.74) is 7.32. The maximum atomic E-state index is 5.78. The van der Waals surface area contributed by atoms with E-state index in [1.54, 1.807) is 0 Å². The molecule has 1 aliphatic rings. The van der Waals surface area contributed by atoms with Gasteiger partial charge in [-0.05, 0) is 80.9 Å². The number of rotatable bonds is 6. The number of aryl methyl sites for hydroxylation is 2. The predicted octanol–water partition coefficient (Wildman–Crippen LogP) is 5.57. The van der Waals surface area contributed by atoms with Gasteiger partial charge in [-0.3, -0.25) is 4.98 Å². The van der Waals surface area contributed by atoms with Gasteiger partial charge in [0.2, 0.25) is 0 Å². The average Bonchev–Trinajstić information content (AvgIpc) is 3.22. The average molecular weight is 419 g/mol. The molecule has 3 heterocycles. The molecule has 0 amide bonds. The van der Waals surface area contributed by atoms with Crippen molar-refractivity contribution >= 4 is 17.3 Å². The molecule has 30 heavy (non-hydrogen) atoms. The summed E-state index contributed by atoms with van der Waals surface area (Å²) < 4.78 is 2.36. The van der Waals surface area contributed by atoms with Crippen LogP contribution in [0.4, 0.5) is 0 Å². The third-order valence-electron chi connectivity index (χ3n) is 6.00. The van der Waals surface area contributed by atoms with Gasteiger partial charge in [0.25, 0.3) is 0 Å². The van der Waals surface area contributed by atoms with E-state index in [0.29, 0.717) is 0 Å². The van der Waals surface area contributed by atoms with Crippen molar-refractivity contribution in [1.29, 1.82) is 0 Å². The highest BCUT2D eigenvalue weighted by Gasteiger charge is 2.41. The maximum absolute atomic E-state index is 5.78. The van der Waals surface area contributed by atoms with Gasteiger partial charge in [-0.2, -0.15) is 0 Å². The minimum Gasteiger partial charge on any atom is -0.352 e. The van der Waals surface area contributed by atoms with Crippen LogP contribution in [0.15, 0.2) is 54.7 Å². The Bertz CT molecular complexity index is 1040. The van der Waals surface area contributed by atoms with E-state index in [-0.39, 0.29) is 12.1 Å². The fourth-order valence-corrected chi connectivity index (χ4v) is 4.90. The van der Waals surface area contributed by atoms with E-state index in [1.165, 1.54) is 28.2 Å². The van der Waals surface area contributed by atoms with Crippen molar-refractivity contribution in [2.45, 2.75) is 52.6 Å². The largest absolute Gasteiger partial charge is 0.352 e. The molecule has 0 spiro atoms. The lowest BCUT2D eigenvalue weighted by Gasteiger charge is -2.28. The second-order valence-corrected chi connectivity index (χ2v) is 8.56. The molecule has 2 atom stereocenters. The van der Waals surface area contributed by atoms with Gasteiger partial charge in [-0.15, -0.1) is 0 Å². The van der Waals surface area contributed by atoms with E-state index in [0.717, 1.165) is 30.2 Å². The lowest BCUT2D eigenvalue weighted by Crippen LogP contribution is -2.30. The van der Waals surface area contributed by atoms with Crippen molar-refractivity contribution in [2.75, 3.05) is 6.54 Å². The zero-order valence-electron chi connectivity index (χ0n) is 18.2. The molecule has 1 aromatic carbocycles. The molecular formula is C25H30N4S. The molecule has 2 aromatic heterocycles. The molecule has 0 aliphatic carbocycles. The summed E-state index contributed by atoms with van der Waals surface area (Å²) in [6.07, 6.45) is 4.12. The van der Waals surface area contributed by atoms with Gasteiger partial charge in [0, 0.05) is 29.8 Å². The predicted molar refractivity (Wildman–Crippen MR) is 127 cm³/mol. The van der Waals surface area contributed by atoms with E-state index in [9.17, 15) is 0 Å². The molecule has 1 saturated heterocycles. The lowest BCUT2D eigenvalue weighted by molar-refractivity contribution is 0.312. The van der Waals surface area contributed by atoms with Crippen LogP contribution < -0.4 is 5.32 Å². The Balaban J connectivity index is 1.82. The van der Waals surface area contributed by atoms with Gasteiger partial charge in [0.05, 0.1) is 17.8 Å². The first kappa shape index (κ1) is 20.6. The highest BCUT2D eigenvalue weighted by atomic mass is 32.1. The summed E-state index contributed by atoms with van der Waals surface area (Å²) in [5.74, 6) is 0. The quantitative estimate of drug-likeness (QED) is 0.531. The van der Waals surface area contributed by atoms with E-state index >= 15 is 0 Å². The number of benzene rings is 1. The third-order valence-corrected chi connectivity index (χ3v) is 6.35. The molecule has 1 aliphatic heterocycles. The molecule has 0 saturated carbocycles. The Morgan fingerprint density at radius 2 is 1.90 bits per heavy atom. The van der Waals surface area contributed by atoms with Gasteiger partial charge < -0.3 is 14.8 Å². The SMILES string of the molecule is CCCCN1C(=S)N[C@@H](c2ccccn2)[C@@H]1c1cc(C)n(-c2cccc(C)c2)c1C. The minimum absolute atomic E-state index is 0.0435. The molecule has 3 aromatic rings. The smallest absolute Gasteiger partial charge is 0.170 e. The van der Waals surface area contributed by atoms with Gasteiger partial charge in [-0.1, -0.05) is 31.5 Å². The fraction of sp³-hybridized carbons (Fsp3) is 0.360. The molecule has 0 bridgehead atoms. The molecular weight excluding hydrogens is 388 g/mol. The molecule has 0 unspecified atom stereocenters. The zero-order chi connectivity index (χ0) is 21.3. The number of nitrogens with zero attached hydrogens (tertiary/aromatic N) is 3. The summed E-state index contributed by atoms with van der Waals surface area (Å²) in [7, 11) is 0. The first-order chi connectivity index (χ1) is 14.5. The molecule has 0 radical (unpaired) electrons. The normalized spacial score (nSPS) is 18.7. The first-order valence-electron chi connectivity index (χ1n) is 10.7. The first-order valence-corrected chi connectivity index (χ1v) is 11.2. The maximum Gasteiger partial charge on any atom is 0.170 e. The molecule has 4 nitrogen and oxygen atoms in total. The van der Waals surface area contributed by atoms with E-state index < -0.39 is 0 Å². The van der Waals surface area contributed by atoms with Gasteiger partial charge in [0.1, 0.15) is 0 Å². The molecule has 156 valence electrons. The number of thiocarbonyl (C=S) groups is 1. The Hall–Kier alpha value is -2.66. The topological polar surface area (TPSA) is 33.1 Å². The number of hydrogen-bond donors (Lipinski definition) is 1. The van der Waals surface area contributed by atoms with Crippen molar-refractivity contribution in [3.63, 3.8) is 0 Å². The molecule has 1 N–H and O–H groups in total. The Kier molecular flexibility index (Phi) is 5.91. The van der Waals surface area contributed by atoms with E-state index in [2.05, 4.69) is 89.9 Å². The van der Waals surface area contributed by atoms with Crippen molar-refractivity contribution in [1.82, 2.24) is 19.8 Å².